The third-order valence-corrected chi connectivity index (χ3v) is 20.0. The van der Waals surface area contributed by atoms with Crippen molar-refractivity contribution in [3.8, 4) is 22.3 Å². The first kappa shape index (κ1) is 52.4. The molecule has 0 amide bonds. The van der Waals surface area contributed by atoms with Crippen molar-refractivity contribution in [3.63, 3.8) is 0 Å². The Morgan fingerprint density at radius 3 is 1.06 bits per heavy atom. The first-order valence-corrected chi connectivity index (χ1v) is 31.7. The number of fused-ring (bicyclic) bond motifs is 6. The summed E-state index contributed by atoms with van der Waals surface area (Å²) in [5, 5.41) is 12.5. The summed E-state index contributed by atoms with van der Waals surface area (Å²) >= 11 is 0. The van der Waals surface area contributed by atoms with Gasteiger partial charge in [-0.2, -0.15) is 0 Å². The minimum absolute atomic E-state index is 0.422. The predicted molar refractivity (Wildman–Crippen MR) is 365 cm³/mol. The van der Waals surface area contributed by atoms with Crippen molar-refractivity contribution >= 4 is 110 Å². The third kappa shape index (κ3) is 8.38. The monoisotopic (exact) mass is 1120 g/mol. The zero-order valence-electron chi connectivity index (χ0n) is 50.4. The molecule has 0 unspecified atom stereocenters. The highest BCUT2D eigenvalue weighted by Gasteiger charge is 2.32. The molecule has 0 atom stereocenters. The maximum Gasteiger partial charge on any atom is 0.159 e. The number of hydrogen-bond donors (Lipinski definition) is 0. The van der Waals surface area contributed by atoms with Gasteiger partial charge in [0.25, 0.3) is 0 Å². The second-order valence-electron chi connectivity index (χ2n) is 25.5. The Morgan fingerprint density at radius 1 is 0.279 bits per heavy atom. The normalized spacial score (nSPS) is 14.5. The Kier molecular flexibility index (Phi) is 12.7. The molecule has 16 rings (SSSR count). The Morgan fingerprint density at radius 2 is 0.651 bits per heavy atom. The van der Waals surface area contributed by atoms with Crippen molar-refractivity contribution in [2.75, 3.05) is 9.80 Å². The van der Waals surface area contributed by atoms with Gasteiger partial charge in [0, 0.05) is 54.8 Å². The zero-order chi connectivity index (χ0) is 57.9. The minimum atomic E-state index is 0.422. The van der Waals surface area contributed by atoms with Crippen molar-refractivity contribution in [2.24, 2.45) is 0 Å². The number of anilines is 6. The lowest BCUT2D eigenvalue weighted by atomic mass is 9.77. The van der Waals surface area contributed by atoms with Gasteiger partial charge >= 0.3 is 0 Å². The molecule has 86 heavy (non-hydrogen) atoms. The average Bonchev–Trinajstić information content (AvgIpc) is 1.14. The second kappa shape index (κ2) is 20.8. The van der Waals surface area contributed by atoms with E-state index in [2.05, 4.69) is 245 Å². The minimum Gasteiger partial charge on any atom is -0.453 e. The van der Waals surface area contributed by atoms with Crippen molar-refractivity contribution in [1.29, 1.82) is 0 Å². The van der Waals surface area contributed by atoms with Crippen LogP contribution in [-0.4, -0.2) is 0 Å². The predicted octanol–water partition coefficient (Wildman–Crippen LogP) is 24.6. The summed E-state index contributed by atoms with van der Waals surface area (Å²) in [6.07, 6.45) is 12.3. The van der Waals surface area contributed by atoms with Crippen LogP contribution in [0.2, 0.25) is 0 Å². The molecule has 2 fully saturated rings. The Balaban J connectivity index is 1.02. The van der Waals surface area contributed by atoms with Crippen molar-refractivity contribution in [1.82, 2.24) is 0 Å². The van der Waals surface area contributed by atoms with Crippen LogP contribution in [0, 0.1) is 41.5 Å². The van der Waals surface area contributed by atoms with Crippen LogP contribution >= 0.6 is 0 Å². The number of benzene rings is 12. The molecule has 2 heterocycles. The number of para-hydroxylation sites is 4. The Bertz CT molecular complexity index is 4690. The summed E-state index contributed by atoms with van der Waals surface area (Å²) in [6, 6.07) is 73.6. The smallest absolute Gasteiger partial charge is 0.159 e. The van der Waals surface area contributed by atoms with Crippen LogP contribution in [0.3, 0.4) is 0 Å². The van der Waals surface area contributed by atoms with Gasteiger partial charge in [-0.1, -0.05) is 207 Å². The lowest BCUT2D eigenvalue weighted by Crippen LogP contribution is -2.15. The molecule has 0 spiro atoms. The van der Waals surface area contributed by atoms with Gasteiger partial charge in [-0.3, -0.25) is 0 Å². The van der Waals surface area contributed by atoms with E-state index in [-0.39, 0.29) is 0 Å². The van der Waals surface area contributed by atoms with E-state index < -0.39 is 0 Å². The molecule has 422 valence electrons. The highest BCUT2D eigenvalue weighted by atomic mass is 16.3. The maximum absolute atomic E-state index is 7.44. The summed E-state index contributed by atoms with van der Waals surface area (Å²) in [4.78, 5) is 5.17. The van der Waals surface area contributed by atoms with Crippen LogP contribution in [0.25, 0.3) is 98.4 Å². The largest absolute Gasteiger partial charge is 0.453 e. The highest BCUT2D eigenvalue weighted by molar-refractivity contribution is 6.30. The number of nitrogens with zero attached hydrogens (tertiary/aromatic N) is 2. The molecule has 0 saturated heterocycles. The standard InChI is InChI=1S/C82H72N2O2/c1-49-37-43-71(53(5)45-49)83(73-35-19-33-65-63-31-17-29-61(79(63)85-81(65)73)57-27-15-13-21-51(57)3)75-47-69(55-23-9-7-10-24-55)59-40-42-68-76(48-70(56-25-11-8-12-26-56)60-39-41-67(75)77(59)78(60)68)84(72-44-38-50(2)46-54(72)6)74-36-20-34-66-64-32-18-30-62(80(64)86-82(66)74)58-28-16-14-22-52(58)4/h13-22,27-48,55-56H,7-12,23-26H2,1-6H3. The molecular weight excluding hydrogens is 1040 g/mol. The molecule has 0 bridgehead atoms. The fourth-order valence-corrected chi connectivity index (χ4v) is 15.9. The summed E-state index contributed by atoms with van der Waals surface area (Å²) in [6.45, 7) is 13.4. The number of furan rings is 2. The topological polar surface area (TPSA) is 32.8 Å². The van der Waals surface area contributed by atoms with Crippen molar-refractivity contribution in [2.45, 2.75) is 118 Å². The molecule has 0 aliphatic heterocycles. The van der Waals surface area contributed by atoms with E-state index in [1.54, 1.807) is 0 Å². The molecule has 2 saturated carbocycles. The van der Waals surface area contributed by atoms with Gasteiger partial charge in [0.2, 0.25) is 0 Å². The van der Waals surface area contributed by atoms with E-state index in [1.165, 1.54) is 164 Å². The molecule has 0 radical (unpaired) electrons. The summed E-state index contributed by atoms with van der Waals surface area (Å²) in [7, 11) is 0. The van der Waals surface area contributed by atoms with Crippen LogP contribution in [-0.2, 0) is 0 Å². The van der Waals surface area contributed by atoms with E-state index in [0.29, 0.717) is 11.8 Å². The first-order valence-electron chi connectivity index (χ1n) is 31.7. The third-order valence-electron chi connectivity index (χ3n) is 20.0. The highest BCUT2D eigenvalue weighted by Crippen LogP contribution is 2.56. The Hall–Kier alpha value is -9.12. The van der Waals surface area contributed by atoms with Gasteiger partial charge in [0.1, 0.15) is 11.2 Å². The molecule has 2 aromatic heterocycles. The molecule has 12 aromatic carbocycles. The fourth-order valence-electron chi connectivity index (χ4n) is 15.9. The summed E-state index contributed by atoms with van der Waals surface area (Å²) < 4.78 is 14.9. The van der Waals surface area contributed by atoms with Crippen LogP contribution < -0.4 is 9.80 Å². The molecule has 0 N–H and O–H groups in total. The number of rotatable bonds is 10. The SMILES string of the molecule is Cc1ccc(N(c2cc(C3CCCCC3)c3ccc4c(N(c5ccc(C)cc5C)c5cccc6c5oc5c(-c7ccccc7C)cccc56)cc(C5CCCCC5)c5ccc2c3c54)c2cccc3c2oc2c(-c4ccccc4C)cccc23)c(C)c1. The van der Waals surface area contributed by atoms with Gasteiger partial charge < -0.3 is 18.6 Å². The van der Waals surface area contributed by atoms with Crippen LogP contribution in [0.15, 0.2) is 203 Å². The van der Waals surface area contributed by atoms with Crippen LogP contribution in [0.4, 0.5) is 34.1 Å². The van der Waals surface area contributed by atoms with Gasteiger partial charge in [-0.15, -0.1) is 0 Å². The quantitative estimate of drug-likeness (QED) is 0.128. The van der Waals surface area contributed by atoms with Crippen LogP contribution in [0.1, 0.15) is 121 Å². The molecule has 2 aliphatic carbocycles. The lowest BCUT2D eigenvalue weighted by molar-refractivity contribution is 0.445. The lowest BCUT2D eigenvalue weighted by Gasteiger charge is -2.34. The molecule has 4 nitrogen and oxygen atoms in total. The number of hydrogen-bond acceptors (Lipinski definition) is 4. The second-order valence-corrected chi connectivity index (χ2v) is 25.5. The molecule has 14 aromatic rings. The maximum atomic E-state index is 7.44. The zero-order valence-corrected chi connectivity index (χ0v) is 50.4. The van der Waals surface area contributed by atoms with Crippen molar-refractivity contribution in [3.05, 3.63) is 239 Å². The van der Waals surface area contributed by atoms with Gasteiger partial charge in [0.05, 0.1) is 22.7 Å². The van der Waals surface area contributed by atoms with Gasteiger partial charge in [-0.05, 0) is 182 Å². The fraction of sp³-hybridized carbons (Fsp3) is 0.220. The van der Waals surface area contributed by atoms with E-state index >= 15 is 0 Å². The summed E-state index contributed by atoms with van der Waals surface area (Å²) in [5.74, 6) is 0.844. The first-order chi connectivity index (χ1) is 42.2. The average molecular weight is 1120 g/mol. The Labute approximate surface area is 504 Å². The molecule has 4 heteroatoms. The van der Waals surface area contributed by atoms with Crippen LogP contribution in [0.5, 0.6) is 0 Å². The van der Waals surface area contributed by atoms with E-state index in [9.17, 15) is 0 Å². The molecule has 2 aliphatic rings. The molecular formula is C82H72N2O2. The number of aryl methyl sites for hydroxylation is 6. The van der Waals surface area contributed by atoms with Gasteiger partial charge in [0.15, 0.2) is 11.2 Å². The van der Waals surface area contributed by atoms with E-state index in [1.807, 2.05) is 0 Å². The van der Waals surface area contributed by atoms with Gasteiger partial charge in [-0.25, -0.2) is 0 Å². The summed E-state index contributed by atoms with van der Waals surface area (Å²) in [5.41, 5.74) is 25.3. The van der Waals surface area contributed by atoms with E-state index in [4.69, 9.17) is 8.83 Å². The van der Waals surface area contributed by atoms with Crippen molar-refractivity contribution < 1.29 is 8.83 Å². The van der Waals surface area contributed by atoms with E-state index in [0.717, 1.165) is 77.8 Å².